The molecule has 0 aliphatic heterocycles. The molecule has 0 spiro atoms. The first-order chi connectivity index (χ1) is 11.2. The van der Waals surface area contributed by atoms with Gasteiger partial charge in [-0.3, -0.25) is 0 Å². The molecule has 0 fully saturated rings. The molecule has 1 heterocycles. The van der Waals surface area contributed by atoms with Crippen LogP contribution in [0.1, 0.15) is 23.7 Å². The molecule has 0 aliphatic carbocycles. The van der Waals surface area contributed by atoms with E-state index in [-0.39, 0.29) is 12.0 Å². The van der Waals surface area contributed by atoms with Gasteiger partial charge in [0.25, 0.3) is 0 Å². The number of nitrogens with zero attached hydrogens (tertiary/aromatic N) is 2. The van der Waals surface area contributed by atoms with Gasteiger partial charge in [-0.05, 0) is 37.6 Å². The van der Waals surface area contributed by atoms with Gasteiger partial charge in [0.1, 0.15) is 0 Å². The number of carbonyl (C=O) groups is 2. The predicted octanol–water partition coefficient (Wildman–Crippen LogP) is 2.27. The van der Waals surface area contributed by atoms with Crippen LogP contribution in [0, 0.1) is 0 Å². The predicted molar refractivity (Wildman–Crippen MR) is 86.3 cm³/mol. The molecule has 1 aromatic carbocycles. The lowest BCUT2D eigenvalue weighted by atomic mass is 10.2. The number of aryl methyl sites for hydroxylation is 1. The highest BCUT2D eigenvalue weighted by molar-refractivity contribution is 5.92. The minimum absolute atomic E-state index is 0.278. The fourth-order valence-corrected chi connectivity index (χ4v) is 1.96. The normalized spacial score (nSPS) is 10.1. The summed E-state index contributed by atoms with van der Waals surface area (Å²) < 4.78 is 6.85. The molecule has 0 bridgehead atoms. The number of imidazole rings is 1. The summed E-state index contributed by atoms with van der Waals surface area (Å²) in [6.07, 6.45) is 6.15. The molecular formula is C16H20N4O3. The number of benzene rings is 1. The van der Waals surface area contributed by atoms with E-state index in [0.717, 1.165) is 13.0 Å². The van der Waals surface area contributed by atoms with Crippen molar-refractivity contribution in [3.8, 4) is 0 Å². The molecule has 0 saturated heterocycles. The third-order valence-electron chi connectivity index (χ3n) is 3.09. The fraction of sp³-hybridized carbons (Fsp3) is 0.312. The highest BCUT2D eigenvalue weighted by Crippen LogP contribution is 2.10. The number of hydrogen-bond acceptors (Lipinski definition) is 4. The van der Waals surface area contributed by atoms with E-state index in [2.05, 4.69) is 15.6 Å². The van der Waals surface area contributed by atoms with Gasteiger partial charge in [-0.15, -0.1) is 0 Å². The Bertz CT molecular complexity index is 623. The molecule has 2 N–H and O–H groups in total. The van der Waals surface area contributed by atoms with Crippen molar-refractivity contribution in [3.63, 3.8) is 0 Å². The Kier molecular flexibility index (Phi) is 6.17. The number of nitrogens with one attached hydrogen (secondary N) is 2. The van der Waals surface area contributed by atoms with Gasteiger partial charge in [0.15, 0.2) is 0 Å². The van der Waals surface area contributed by atoms with Crippen LogP contribution in [-0.4, -0.2) is 34.7 Å². The third kappa shape index (κ3) is 5.46. The molecule has 7 nitrogen and oxygen atoms in total. The van der Waals surface area contributed by atoms with Gasteiger partial charge in [-0.1, -0.05) is 0 Å². The van der Waals surface area contributed by atoms with E-state index in [1.165, 1.54) is 0 Å². The van der Waals surface area contributed by atoms with Gasteiger partial charge < -0.3 is 19.9 Å². The summed E-state index contributed by atoms with van der Waals surface area (Å²) in [4.78, 5) is 27.2. The number of amides is 2. The summed E-state index contributed by atoms with van der Waals surface area (Å²) in [5.74, 6) is -0.372. The van der Waals surface area contributed by atoms with E-state index in [1.54, 1.807) is 43.7 Å². The second-order valence-corrected chi connectivity index (χ2v) is 4.83. The van der Waals surface area contributed by atoms with Crippen LogP contribution in [0.2, 0.25) is 0 Å². The molecule has 0 saturated carbocycles. The van der Waals surface area contributed by atoms with Crippen LogP contribution in [-0.2, 0) is 11.3 Å². The Morgan fingerprint density at radius 1 is 1.26 bits per heavy atom. The lowest BCUT2D eigenvalue weighted by molar-refractivity contribution is 0.0526. The lowest BCUT2D eigenvalue weighted by Gasteiger charge is -2.08. The minimum atomic E-state index is -0.372. The van der Waals surface area contributed by atoms with Crippen LogP contribution in [0.3, 0.4) is 0 Å². The highest BCUT2D eigenvalue weighted by atomic mass is 16.5. The van der Waals surface area contributed by atoms with Crippen molar-refractivity contribution in [2.75, 3.05) is 18.5 Å². The minimum Gasteiger partial charge on any atom is -0.462 e. The standard InChI is InChI=1S/C16H20N4O3/c1-2-23-15(21)13-4-6-14(7-5-13)19-16(22)18-8-3-10-20-11-9-17-12-20/h4-7,9,11-12H,2-3,8,10H2,1H3,(H2,18,19,22). The first-order valence-corrected chi connectivity index (χ1v) is 7.47. The average Bonchev–Trinajstić information content (AvgIpc) is 3.06. The van der Waals surface area contributed by atoms with Gasteiger partial charge in [0.2, 0.25) is 0 Å². The monoisotopic (exact) mass is 316 g/mol. The van der Waals surface area contributed by atoms with Crippen molar-refractivity contribution >= 4 is 17.7 Å². The molecule has 0 atom stereocenters. The molecule has 2 amide bonds. The maximum absolute atomic E-state index is 11.8. The van der Waals surface area contributed by atoms with Crippen LogP contribution in [0.15, 0.2) is 43.0 Å². The van der Waals surface area contributed by atoms with E-state index in [0.29, 0.717) is 24.4 Å². The largest absolute Gasteiger partial charge is 0.462 e. The number of anilines is 1. The van der Waals surface area contributed by atoms with Crippen molar-refractivity contribution in [3.05, 3.63) is 48.5 Å². The van der Waals surface area contributed by atoms with Crippen LogP contribution in [0.25, 0.3) is 0 Å². The summed E-state index contributed by atoms with van der Waals surface area (Å²) in [6, 6.07) is 6.29. The second kappa shape index (κ2) is 8.57. The van der Waals surface area contributed by atoms with Crippen LogP contribution in [0.4, 0.5) is 10.5 Å². The average molecular weight is 316 g/mol. The Labute approximate surface area is 134 Å². The van der Waals surface area contributed by atoms with E-state index >= 15 is 0 Å². The molecule has 122 valence electrons. The summed E-state index contributed by atoms with van der Waals surface area (Å²) >= 11 is 0. The molecule has 0 radical (unpaired) electrons. The van der Waals surface area contributed by atoms with Crippen LogP contribution < -0.4 is 10.6 Å². The van der Waals surface area contributed by atoms with Gasteiger partial charge in [0.05, 0.1) is 18.5 Å². The van der Waals surface area contributed by atoms with E-state index in [4.69, 9.17) is 4.74 Å². The summed E-state index contributed by atoms with van der Waals surface area (Å²) in [5.41, 5.74) is 1.07. The quantitative estimate of drug-likeness (QED) is 0.606. The molecule has 1 aromatic heterocycles. The molecule has 0 unspecified atom stereocenters. The number of hydrogen-bond donors (Lipinski definition) is 2. The first kappa shape index (κ1) is 16.5. The van der Waals surface area contributed by atoms with E-state index < -0.39 is 0 Å². The third-order valence-corrected chi connectivity index (χ3v) is 3.09. The zero-order valence-corrected chi connectivity index (χ0v) is 13.0. The smallest absolute Gasteiger partial charge is 0.338 e. The van der Waals surface area contributed by atoms with Crippen molar-refractivity contribution in [1.82, 2.24) is 14.9 Å². The molecular weight excluding hydrogens is 296 g/mol. The Morgan fingerprint density at radius 3 is 2.70 bits per heavy atom. The highest BCUT2D eigenvalue weighted by Gasteiger charge is 2.06. The Balaban J connectivity index is 1.71. The zero-order chi connectivity index (χ0) is 16.5. The topological polar surface area (TPSA) is 85.2 Å². The maximum Gasteiger partial charge on any atom is 0.338 e. The molecule has 2 rings (SSSR count). The van der Waals surface area contributed by atoms with Crippen molar-refractivity contribution in [2.45, 2.75) is 19.9 Å². The Morgan fingerprint density at radius 2 is 2.04 bits per heavy atom. The molecule has 0 aliphatic rings. The van der Waals surface area contributed by atoms with E-state index in [1.807, 2.05) is 10.8 Å². The molecule has 7 heteroatoms. The number of esters is 1. The SMILES string of the molecule is CCOC(=O)c1ccc(NC(=O)NCCCn2ccnc2)cc1. The van der Waals surface area contributed by atoms with E-state index in [9.17, 15) is 9.59 Å². The van der Waals surface area contributed by atoms with Crippen molar-refractivity contribution < 1.29 is 14.3 Å². The van der Waals surface area contributed by atoms with Gasteiger partial charge in [-0.25, -0.2) is 14.6 Å². The van der Waals surface area contributed by atoms with Crippen LogP contribution in [0.5, 0.6) is 0 Å². The number of ether oxygens (including phenoxy) is 1. The molecule has 2 aromatic rings. The van der Waals surface area contributed by atoms with Gasteiger partial charge in [-0.2, -0.15) is 0 Å². The Hall–Kier alpha value is -2.83. The van der Waals surface area contributed by atoms with Gasteiger partial charge in [0, 0.05) is 31.2 Å². The number of rotatable bonds is 7. The number of aromatic nitrogens is 2. The lowest BCUT2D eigenvalue weighted by Crippen LogP contribution is -2.30. The zero-order valence-electron chi connectivity index (χ0n) is 13.0. The second-order valence-electron chi connectivity index (χ2n) is 4.83. The van der Waals surface area contributed by atoms with Gasteiger partial charge >= 0.3 is 12.0 Å². The van der Waals surface area contributed by atoms with Crippen LogP contribution >= 0.6 is 0 Å². The number of urea groups is 1. The summed E-state index contributed by atoms with van der Waals surface area (Å²) in [6.45, 7) is 3.45. The fourth-order valence-electron chi connectivity index (χ4n) is 1.96. The maximum atomic E-state index is 11.8. The number of carbonyl (C=O) groups excluding carboxylic acids is 2. The van der Waals surface area contributed by atoms with Crippen molar-refractivity contribution in [1.29, 1.82) is 0 Å². The first-order valence-electron chi connectivity index (χ1n) is 7.47. The van der Waals surface area contributed by atoms with Crippen molar-refractivity contribution in [2.24, 2.45) is 0 Å². The molecule has 23 heavy (non-hydrogen) atoms. The summed E-state index contributed by atoms with van der Waals surface area (Å²) in [5, 5.41) is 5.49. The summed E-state index contributed by atoms with van der Waals surface area (Å²) in [7, 11) is 0.